The highest BCUT2D eigenvalue weighted by Gasteiger charge is 2.18. The number of halogens is 1. The molecule has 2 heterocycles. The van der Waals surface area contributed by atoms with E-state index in [4.69, 9.17) is 5.10 Å². The molecular weight excluding hydrogens is 349 g/mol. The van der Waals surface area contributed by atoms with Crippen molar-refractivity contribution in [1.82, 2.24) is 14.6 Å². The minimum Gasteiger partial charge on any atom is -0.236 e. The van der Waals surface area contributed by atoms with Gasteiger partial charge >= 0.3 is 0 Å². The summed E-state index contributed by atoms with van der Waals surface area (Å²) in [4.78, 5) is 4.62. The van der Waals surface area contributed by atoms with Crippen LogP contribution >= 0.6 is 0 Å². The van der Waals surface area contributed by atoms with Gasteiger partial charge in [0.25, 0.3) is 0 Å². The molecule has 0 saturated carbocycles. The molecule has 3 aromatic carbocycles. The second kappa shape index (κ2) is 6.57. The third-order valence-corrected chi connectivity index (χ3v) is 5.12. The van der Waals surface area contributed by atoms with Gasteiger partial charge in [0, 0.05) is 17.3 Å². The zero-order valence-electron chi connectivity index (χ0n) is 15.4. The topological polar surface area (TPSA) is 30.2 Å². The van der Waals surface area contributed by atoms with Gasteiger partial charge in [0.15, 0.2) is 5.65 Å². The molecule has 0 fully saturated rings. The van der Waals surface area contributed by atoms with E-state index in [1.54, 1.807) is 12.1 Å². The Morgan fingerprint density at radius 3 is 2.50 bits per heavy atom. The zero-order chi connectivity index (χ0) is 19.1. The maximum absolute atomic E-state index is 13.4. The summed E-state index contributed by atoms with van der Waals surface area (Å²) < 4.78 is 15.3. The van der Waals surface area contributed by atoms with E-state index in [0.717, 1.165) is 40.1 Å². The first-order valence-corrected chi connectivity index (χ1v) is 9.37. The third kappa shape index (κ3) is 2.57. The van der Waals surface area contributed by atoms with Gasteiger partial charge in [-0.3, -0.25) is 0 Å². The number of benzene rings is 3. The van der Waals surface area contributed by atoms with E-state index in [2.05, 4.69) is 48.3 Å². The lowest BCUT2D eigenvalue weighted by molar-refractivity contribution is 0.628. The Kier molecular flexibility index (Phi) is 3.90. The Morgan fingerprint density at radius 1 is 0.893 bits per heavy atom. The summed E-state index contributed by atoms with van der Waals surface area (Å²) in [5.74, 6) is -0.248. The van der Waals surface area contributed by atoms with Crippen molar-refractivity contribution >= 4 is 16.4 Å². The highest BCUT2D eigenvalue weighted by molar-refractivity contribution is 5.96. The van der Waals surface area contributed by atoms with Crippen LogP contribution in [-0.2, 0) is 6.42 Å². The van der Waals surface area contributed by atoms with Crippen molar-refractivity contribution in [1.29, 1.82) is 0 Å². The van der Waals surface area contributed by atoms with Crippen LogP contribution < -0.4 is 0 Å². The fourth-order valence-corrected chi connectivity index (χ4v) is 3.80. The van der Waals surface area contributed by atoms with E-state index in [9.17, 15) is 4.39 Å². The molecule has 0 saturated heterocycles. The average molecular weight is 367 g/mol. The molecule has 0 aliphatic heterocycles. The lowest BCUT2D eigenvalue weighted by Gasteiger charge is -2.09. The van der Waals surface area contributed by atoms with Crippen LogP contribution in [0.5, 0.6) is 0 Å². The predicted octanol–water partition coefficient (Wildman–Crippen LogP) is 5.92. The van der Waals surface area contributed by atoms with E-state index in [0.29, 0.717) is 0 Å². The summed E-state index contributed by atoms with van der Waals surface area (Å²) in [6.45, 7) is 2.08. The molecule has 0 spiro atoms. The van der Waals surface area contributed by atoms with Crippen molar-refractivity contribution in [2.45, 2.75) is 13.3 Å². The van der Waals surface area contributed by atoms with Gasteiger partial charge in [-0.1, -0.05) is 61.5 Å². The molecular formula is C24H18FN3. The van der Waals surface area contributed by atoms with Crippen LogP contribution in [0.3, 0.4) is 0 Å². The van der Waals surface area contributed by atoms with Crippen LogP contribution in [0.2, 0.25) is 0 Å². The first kappa shape index (κ1) is 16.6. The van der Waals surface area contributed by atoms with E-state index in [1.807, 2.05) is 22.8 Å². The summed E-state index contributed by atoms with van der Waals surface area (Å²) in [5.41, 5.74) is 5.73. The van der Waals surface area contributed by atoms with Crippen molar-refractivity contribution in [2.75, 3.05) is 0 Å². The first-order valence-electron chi connectivity index (χ1n) is 9.37. The zero-order valence-corrected chi connectivity index (χ0v) is 15.4. The summed E-state index contributed by atoms with van der Waals surface area (Å²) in [6.07, 6.45) is 2.59. The molecule has 0 radical (unpaired) electrons. The lowest BCUT2D eigenvalue weighted by Crippen LogP contribution is -1.96. The molecule has 0 unspecified atom stereocenters. The predicted molar refractivity (Wildman–Crippen MR) is 111 cm³/mol. The van der Waals surface area contributed by atoms with Gasteiger partial charge in [0.1, 0.15) is 5.82 Å². The molecule has 5 aromatic rings. The Balaban J connectivity index is 1.82. The Morgan fingerprint density at radius 2 is 1.68 bits per heavy atom. The number of aromatic nitrogens is 3. The lowest BCUT2D eigenvalue weighted by atomic mass is 10.0. The number of hydrogen-bond acceptors (Lipinski definition) is 2. The van der Waals surface area contributed by atoms with Crippen LogP contribution in [0.25, 0.3) is 38.8 Å². The summed E-state index contributed by atoms with van der Waals surface area (Å²) in [7, 11) is 0. The highest BCUT2D eigenvalue weighted by atomic mass is 19.1. The minimum atomic E-state index is -0.248. The molecule has 0 aliphatic carbocycles. The molecule has 136 valence electrons. The quantitative estimate of drug-likeness (QED) is 0.396. The number of hydrogen-bond donors (Lipinski definition) is 0. The first-order chi connectivity index (χ1) is 13.8. The van der Waals surface area contributed by atoms with Crippen LogP contribution in [-0.4, -0.2) is 14.6 Å². The van der Waals surface area contributed by atoms with Crippen molar-refractivity contribution < 1.29 is 4.39 Å². The summed E-state index contributed by atoms with van der Waals surface area (Å²) in [5, 5.41) is 7.24. The van der Waals surface area contributed by atoms with Gasteiger partial charge < -0.3 is 0 Å². The van der Waals surface area contributed by atoms with Crippen LogP contribution in [0.1, 0.15) is 12.6 Å². The minimum absolute atomic E-state index is 0.248. The van der Waals surface area contributed by atoms with Crippen molar-refractivity contribution in [3.63, 3.8) is 0 Å². The fourth-order valence-electron chi connectivity index (χ4n) is 3.80. The average Bonchev–Trinajstić information content (AvgIpc) is 3.13. The normalized spacial score (nSPS) is 11.4. The smallest absolute Gasteiger partial charge is 0.163 e. The third-order valence-electron chi connectivity index (χ3n) is 5.12. The number of fused-ring (bicyclic) bond motifs is 2. The van der Waals surface area contributed by atoms with Crippen molar-refractivity contribution in [2.24, 2.45) is 0 Å². The van der Waals surface area contributed by atoms with Gasteiger partial charge in [0.05, 0.1) is 11.4 Å². The van der Waals surface area contributed by atoms with Crippen LogP contribution in [0.15, 0.2) is 79.0 Å². The van der Waals surface area contributed by atoms with Gasteiger partial charge in [-0.25, -0.2) is 13.9 Å². The molecule has 0 amide bonds. The molecule has 3 nitrogen and oxygen atoms in total. The molecule has 0 bridgehead atoms. The Hall–Kier alpha value is -3.53. The van der Waals surface area contributed by atoms with Gasteiger partial charge in [0.2, 0.25) is 0 Å². The largest absolute Gasteiger partial charge is 0.236 e. The van der Waals surface area contributed by atoms with Crippen LogP contribution in [0.4, 0.5) is 4.39 Å². The summed E-state index contributed by atoms with van der Waals surface area (Å²) >= 11 is 0. The SMILES string of the molecule is CCc1nn2c(-c3cccc4ccccc34)ccnc2c1-c1ccc(F)cc1. The fraction of sp³-hybridized carbons (Fsp3) is 0.0833. The maximum atomic E-state index is 13.4. The molecule has 0 aliphatic rings. The molecule has 5 rings (SSSR count). The monoisotopic (exact) mass is 367 g/mol. The maximum Gasteiger partial charge on any atom is 0.163 e. The molecule has 28 heavy (non-hydrogen) atoms. The molecule has 4 heteroatoms. The number of aryl methyl sites for hydroxylation is 1. The number of nitrogens with zero attached hydrogens (tertiary/aromatic N) is 3. The van der Waals surface area contributed by atoms with Crippen molar-refractivity contribution in [3.8, 4) is 22.4 Å². The van der Waals surface area contributed by atoms with Gasteiger partial charge in [-0.15, -0.1) is 0 Å². The summed E-state index contributed by atoms with van der Waals surface area (Å²) in [6, 6.07) is 23.2. The standard InChI is InChI=1S/C24H18FN3/c1-2-21-23(17-10-12-18(25)13-11-17)24-26-15-14-22(28(24)27-21)20-9-5-7-16-6-3-4-8-19(16)20/h3-15H,2H2,1H3. The van der Waals surface area contributed by atoms with Gasteiger partial charge in [-0.2, -0.15) is 5.10 Å². The highest BCUT2D eigenvalue weighted by Crippen LogP contribution is 2.33. The van der Waals surface area contributed by atoms with Gasteiger partial charge in [-0.05, 0) is 41.0 Å². The van der Waals surface area contributed by atoms with E-state index in [-0.39, 0.29) is 5.82 Å². The van der Waals surface area contributed by atoms with E-state index >= 15 is 0 Å². The Labute approximate surface area is 162 Å². The van der Waals surface area contributed by atoms with E-state index < -0.39 is 0 Å². The molecule has 2 aromatic heterocycles. The van der Waals surface area contributed by atoms with E-state index in [1.165, 1.54) is 22.9 Å². The molecule has 0 N–H and O–H groups in total. The second-order valence-corrected chi connectivity index (χ2v) is 6.77. The second-order valence-electron chi connectivity index (χ2n) is 6.77. The Bertz CT molecular complexity index is 1300. The van der Waals surface area contributed by atoms with Crippen LogP contribution in [0, 0.1) is 5.82 Å². The van der Waals surface area contributed by atoms with Crippen molar-refractivity contribution in [3.05, 3.63) is 90.5 Å². The molecule has 0 atom stereocenters. The number of rotatable bonds is 3.